The fourth-order valence-corrected chi connectivity index (χ4v) is 2.85. The van der Waals surface area contributed by atoms with Gasteiger partial charge in [0.25, 0.3) is 0 Å². The Morgan fingerprint density at radius 1 is 1.06 bits per heavy atom. The van der Waals surface area contributed by atoms with Gasteiger partial charge in [-0.1, -0.05) is 22.0 Å². The zero-order valence-electron chi connectivity index (χ0n) is 9.07. The zero-order valence-corrected chi connectivity index (χ0v) is 11.5. The number of rotatable bonds is 2. The molecule has 0 bridgehead atoms. The van der Waals surface area contributed by atoms with Gasteiger partial charge in [0.1, 0.15) is 0 Å². The quantitative estimate of drug-likeness (QED) is 0.783. The van der Waals surface area contributed by atoms with Gasteiger partial charge in [-0.25, -0.2) is 9.97 Å². The second kappa shape index (κ2) is 4.97. The predicted molar refractivity (Wildman–Crippen MR) is 69.8 cm³/mol. The van der Waals surface area contributed by atoms with E-state index in [0.717, 1.165) is 25.9 Å². The molecule has 16 heavy (non-hydrogen) atoms. The van der Waals surface area contributed by atoms with Crippen LogP contribution in [-0.2, 0) is 0 Å². The smallest absolute Gasteiger partial charge is 0.192 e. The van der Waals surface area contributed by atoms with Crippen molar-refractivity contribution < 1.29 is 0 Å². The molecule has 2 rings (SSSR count). The molecule has 4 heteroatoms. The Balaban J connectivity index is 2.27. The molecule has 1 aromatic heterocycles. The fraction of sp³-hybridized carbons (Fsp3) is 0.167. The van der Waals surface area contributed by atoms with E-state index in [1.165, 1.54) is 0 Å². The van der Waals surface area contributed by atoms with Gasteiger partial charge in [-0.15, -0.1) is 0 Å². The highest BCUT2D eigenvalue weighted by atomic mass is 79.9. The monoisotopic (exact) mass is 294 g/mol. The number of hydrogen-bond donors (Lipinski definition) is 0. The van der Waals surface area contributed by atoms with Crippen molar-refractivity contribution in [3.63, 3.8) is 0 Å². The molecule has 0 atom stereocenters. The summed E-state index contributed by atoms with van der Waals surface area (Å²) in [5.74, 6) is 0. The van der Waals surface area contributed by atoms with Gasteiger partial charge in [0.2, 0.25) is 0 Å². The van der Waals surface area contributed by atoms with Crippen molar-refractivity contribution in [2.45, 2.75) is 23.9 Å². The molecule has 0 unspecified atom stereocenters. The van der Waals surface area contributed by atoms with E-state index in [0.29, 0.717) is 0 Å². The number of aromatic nitrogens is 2. The Bertz CT molecular complexity index is 494. The summed E-state index contributed by atoms with van der Waals surface area (Å²) in [5.41, 5.74) is 2.01. The SMILES string of the molecule is Cc1cc(C)nc(Sc2cccc(Br)c2)n1. The summed E-state index contributed by atoms with van der Waals surface area (Å²) in [5, 5.41) is 0.801. The number of hydrogen-bond acceptors (Lipinski definition) is 3. The van der Waals surface area contributed by atoms with Crippen LogP contribution in [0, 0.1) is 13.8 Å². The topological polar surface area (TPSA) is 25.8 Å². The van der Waals surface area contributed by atoms with Crippen LogP contribution in [0.25, 0.3) is 0 Å². The van der Waals surface area contributed by atoms with Crippen LogP contribution in [-0.4, -0.2) is 9.97 Å². The minimum Gasteiger partial charge on any atom is -0.228 e. The molecule has 0 aliphatic heterocycles. The van der Waals surface area contributed by atoms with Crippen LogP contribution in [0.3, 0.4) is 0 Å². The Morgan fingerprint density at radius 3 is 2.38 bits per heavy atom. The minimum atomic E-state index is 0.801. The fourth-order valence-electron chi connectivity index (χ4n) is 1.38. The molecule has 0 saturated heterocycles. The van der Waals surface area contributed by atoms with Gasteiger partial charge < -0.3 is 0 Å². The first-order valence-corrected chi connectivity index (χ1v) is 6.50. The van der Waals surface area contributed by atoms with Crippen LogP contribution in [0.4, 0.5) is 0 Å². The van der Waals surface area contributed by atoms with Crippen molar-refractivity contribution in [2.75, 3.05) is 0 Å². The summed E-state index contributed by atoms with van der Waals surface area (Å²) in [7, 11) is 0. The highest BCUT2D eigenvalue weighted by Crippen LogP contribution is 2.27. The van der Waals surface area contributed by atoms with Crippen LogP contribution in [0.2, 0.25) is 0 Å². The zero-order chi connectivity index (χ0) is 11.5. The van der Waals surface area contributed by atoms with E-state index in [1.807, 2.05) is 32.0 Å². The van der Waals surface area contributed by atoms with Gasteiger partial charge in [0.15, 0.2) is 5.16 Å². The van der Waals surface area contributed by atoms with Crippen molar-refractivity contribution in [2.24, 2.45) is 0 Å². The average molecular weight is 295 g/mol. The van der Waals surface area contributed by atoms with Crippen LogP contribution in [0.5, 0.6) is 0 Å². The standard InChI is InChI=1S/C12H11BrN2S/c1-8-6-9(2)15-12(14-8)16-11-5-3-4-10(13)7-11/h3-7H,1-2H3. The van der Waals surface area contributed by atoms with Gasteiger partial charge in [0, 0.05) is 20.8 Å². The average Bonchev–Trinajstić information content (AvgIpc) is 2.15. The lowest BCUT2D eigenvalue weighted by Gasteiger charge is -2.03. The third-order valence-electron chi connectivity index (χ3n) is 1.97. The van der Waals surface area contributed by atoms with E-state index in [1.54, 1.807) is 11.8 Å². The molecule has 0 amide bonds. The molecule has 0 aliphatic carbocycles. The molecule has 0 spiro atoms. The molecule has 2 aromatic rings. The maximum atomic E-state index is 4.40. The van der Waals surface area contributed by atoms with E-state index in [4.69, 9.17) is 0 Å². The summed E-state index contributed by atoms with van der Waals surface area (Å²) >= 11 is 5.03. The Morgan fingerprint density at radius 2 is 1.75 bits per heavy atom. The summed E-state index contributed by atoms with van der Waals surface area (Å²) in [4.78, 5) is 9.93. The molecular formula is C12H11BrN2S. The Kier molecular flexibility index (Phi) is 3.61. The molecule has 1 aromatic carbocycles. The lowest BCUT2D eigenvalue weighted by molar-refractivity contribution is 0.902. The number of benzene rings is 1. The van der Waals surface area contributed by atoms with Gasteiger partial charge >= 0.3 is 0 Å². The van der Waals surface area contributed by atoms with Crippen LogP contribution >= 0.6 is 27.7 Å². The molecule has 0 fully saturated rings. The van der Waals surface area contributed by atoms with Crippen molar-refractivity contribution in [3.05, 3.63) is 46.2 Å². The van der Waals surface area contributed by atoms with Crippen LogP contribution < -0.4 is 0 Å². The summed E-state index contributed by atoms with van der Waals surface area (Å²) in [6.07, 6.45) is 0. The van der Waals surface area contributed by atoms with Gasteiger partial charge in [-0.2, -0.15) is 0 Å². The van der Waals surface area contributed by atoms with E-state index < -0.39 is 0 Å². The minimum absolute atomic E-state index is 0.801. The molecule has 0 radical (unpaired) electrons. The first-order valence-electron chi connectivity index (χ1n) is 4.89. The number of nitrogens with zero attached hydrogens (tertiary/aromatic N) is 2. The van der Waals surface area contributed by atoms with Crippen LogP contribution in [0.1, 0.15) is 11.4 Å². The van der Waals surface area contributed by atoms with E-state index in [2.05, 4.69) is 38.0 Å². The van der Waals surface area contributed by atoms with Crippen molar-refractivity contribution in [1.82, 2.24) is 9.97 Å². The van der Waals surface area contributed by atoms with Gasteiger partial charge in [-0.3, -0.25) is 0 Å². The highest BCUT2D eigenvalue weighted by Gasteiger charge is 2.02. The van der Waals surface area contributed by atoms with E-state index in [9.17, 15) is 0 Å². The molecule has 82 valence electrons. The Hall–Kier alpha value is -0.870. The lowest BCUT2D eigenvalue weighted by Crippen LogP contribution is -1.92. The molecule has 0 saturated carbocycles. The predicted octanol–water partition coefficient (Wildman–Crippen LogP) is 4.01. The first-order chi connectivity index (χ1) is 7.63. The third kappa shape index (κ3) is 3.06. The first kappa shape index (κ1) is 11.6. The third-order valence-corrected chi connectivity index (χ3v) is 3.32. The number of halogens is 1. The molecule has 0 N–H and O–H groups in total. The largest absolute Gasteiger partial charge is 0.228 e. The maximum Gasteiger partial charge on any atom is 0.192 e. The highest BCUT2D eigenvalue weighted by molar-refractivity contribution is 9.10. The molecule has 0 aliphatic rings. The van der Waals surface area contributed by atoms with E-state index >= 15 is 0 Å². The maximum absolute atomic E-state index is 4.40. The van der Waals surface area contributed by atoms with Gasteiger partial charge in [0.05, 0.1) is 0 Å². The summed E-state index contributed by atoms with van der Waals surface area (Å²) < 4.78 is 1.07. The van der Waals surface area contributed by atoms with Crippen molar-refractivity contribution in [3.8, 4) is 0 Å². The Labute approximate surface area is 108 Å². The van der Waals surface area contributed by atoms with Crippen molar-refractivity contribution >= 4 is 27.7 Å². The summed E-state index contributed by atoms with van der Waals surface area (Å²) in [6.45, 7) is 3.97. The molecule has 2 nitrogen and oxygen atoms in total. The van der Waals surface area contributed by atoms with Crippen molar-refractivity contribution in [1.29, 1.82) is 0 Å². The van der Waals surface area contributed by atoms with Gasteiger partial charge in [-0.05, 0) is 49.9 Å². The second-order valence-electron chi connectivity index (χ2n) is 3.49. The van der Waals surface area contributed by atoms with E-state index in [-0.39, 0.29) is 0 Å². The summed E-state index contributed by atoms with van der Waals surface area (Å²) in [6, 6.07) is 10.1. The molecule has 1 heterocycles. The normalized spacial score (nSPS) is 10.4. The molecular weight excluding hydrogens is 284 g/mol. The van der Waals surface area contributed by atoms with Crippen LogP contribution in [0.15, 0.2) is 44.9 Å². The lowest BCUT2D eigenvalue weighted by atomic mass is 10.4. The second-order valence-corrected chi connectivity index (χ2v) is 5.45. The number of aryl methyl sites for hydroxylation is 2.